The second-order valence-electron chi connectivity index (χ2n) is 54.8. The topological polar surface area (TPSA) is 0 Å². The zero-order chi connectivity index (χ0) is 101. The van der Waals surface area contributed by atoms with Gasteiger partial charge in [0, 0.05) is 0 Å². The smallest absolute Gasteiger partial charge is 0.00442 e. The van der Waals surface area contributed by atoms with Gasteiger partial charge in [0.1, 0.15) is 0 Å². The highest BCUT2D eigenvalue weighted by molar-refractivity contribution is 5.42. The maximum absolute atomic E-state index is 2.48. The van der Waals surface area contributed by atoms with Gasteiger partial charge in [0.05, 0.1) is 0 Å². The van der Waals surface area contributed by atoms with Crippen molar-refractivity contribution in [1.29, 1.82) is 0 Å². The molecule has 0 nitrogen and oxygen atoms in total. The molecular formula is C132H256. The van der Waals surface area contributed by atoms with E-state index < -0.39 is 0 Å². The van der Waals surface area contributed by atoms with Crippen LogP contribution in [-0.4, -0.2) is 0 Å². The van der Waals surface area contributed by atoms with Gasteiger partial charge in [-0.1, -0.05) is 446 Å². The van der Waals surface area contributed by atoms with E-state index in [0.717, 1.165) is 225 Å². The van der Waals surface area contributed by atoms with Crippen molar-refractivity contribution in [3.05, 3.63) is 34.9 Å². The first-order valence-electron chi connectivity index (χ1n) is 60.5. The summed E-state index contributed by atoms with van der Waals surface area (Å²) in [5.41, 5.74) is 6.79. The number of rotatable bonds is 20. The molecule has 0 saturated heterocycles. The van der Waals surface area contributed by atoms with E-state index in [1.54, 1.807) is 11.1 Å². The van der Waals surface area contributed by atoms with Crippen molar-refractivity contribution in [1.82, 2.24) is 0 Å². The maximum atomic E-state index is 2.48. The molecule has 1 aromatic carbocycles. The largest absolute Gasteiger partial charge is 0.0651 e. The Morgan fingerprint density at radius 2 is 0.553 bits per heavy atom. The number of aryl methyl sites for hydroxylation is 1. The average Bonchev–Trinajstić information content (AvgIpc) is 0.985. The summed E-state index contributed by atoms with van der Waals surface area (Å²) in [5, 5.41) is 0. The summed E-state index contributed by atoms with van der Waals surface area (Å²) < 4.78 is 0. The van der Waals surface area contributed by atoms with Crippen molar-refractivity contribution < 1.29 is 0 Å². The van der Waals surface area contributed by atoms with Crippen molar-refractivity contribution in [3.63, 3.8) is 0 Å². The molecule has 0 aromatic heterocycles. The molecule has 32 atom stereocenters. The lowest BCUT2D eigenvalue weighted by Crippen LogP contribution is -2.70. The standard InChI is InChI=1S/C18H28.C16H32.C14H28.C12H22.2C12H24.3C10H20.C9H18.C9H20/c1-7-14(4)18(6)11-13(3)15(5)16-10-12(2)8-9-17(16)18;1-5-13(6-2)15-9-11-16(12-10-15)14(7-3)8-4;1-5-11(3)13-7-9-14(10-8-13)12(4)6-2;1-7-5-8(2)12-10(4)6-9(3)11(7)12;1-9(2)10(3,4)12(7,8)11(9,5)6;1-5-9(2)12-7-6-10(3)11(4)8-12;1-7-5-9(3)10(4)6-8(7)2;2*1-5-10-8(3)6-7(2)9(10)4;1-6-5-7(2)9(4)8(6)3;1-5-8(3)7-9(4)6-2/h8-10,13-15H,7,11H2,1-6H3;13-16H,5-12H2,1-4H3;11-14H,5-10H2,1-4H3;7-12H,5-6H2,1-4H3;1-8H3;9-12H,5-8H2,1-4H3;3*7-10H,5-6H2,1-4H3;6-9H,5H2,1-4H3;8-9H,5-7H2,1-4H3. The Balaban J connectivity index is 0.000000495. The molecular weight excluding hydrogens is 1590 g/mol. The third-order valence-electron chi connectivity index (χ3n) is 46.5. The zero-order valence-electron chi connectivity index (χ0n) is 101. The summed E-state index contributed by atoms with van der Waals surface area (Å²) in [6, 6.07) is 7.12. The number of fused-ring (bicyclic) bond motifs is 2. The van der Waals surface area contributed by atoms with Crippen LogP contribution < -0.4 is 0 Å². The van der Waals surface area contributed by atoms with Crippen molar-refractivity contribution in [2.24, 2.45) is 247 Å². The summed E-state index contributed by atoms with van der Waals surface area (Å²) in [6.07, 6.45) is 45.9. The van der Waals surface area contributed by atoms with E-state index in [0.29, 0.717) is 33.0 Å². The van der Waals surface area contributed by atoms with Crippen LogP contribution in [0.5, 0.6) is 0 Å². The Morgan fingerprint density at radius 1 is 0.273 bits per heavy atom. The Bertz CT molecular complexity index is 2860. The van der Waals surface area contributed by atoms with Crippen molar-refractivity contribution in [2.75, 3.05) is 0 Å². The van der Waals surface area contributed by atoms with Gasteiger partial charge in [0.15, 0.2) is 0 Å². The van der Waals surface area contributed by atoms with E-state index in [1.165, 1.54) is 211 Å². The van der Waals surface area contributed by atoms with Gasteiger partial charge in [0.25, 0.3) is 0 Å². The molecule has 0 radical (unpaired) electrons. The molecule has 0 heterocycles. The maximum Gasteiger partial charge on any atom is -0.00442 e. The second-order valence-corrected chi connectivity index (χ2v) is 54.8. The van der Waals surface area contributed by atoms with Crippen LogP contribution in [0.1, 0.15) is 567 Å². The molecule has 10 saturated carbocycles. The van der Waals surface area contributed by atoms with Gasteiger partial charge in [-0.05, 0) is 398 Å². The normalized spacial score (nSPS) is 39.0. The van der Waals surface area contributed by atoms with Gasteiger partial charge in [-0.2, -0.15) is 0 Å². The van der Waals surface area contributed by atoms with E-state index in [9.17, 15) is 0 Å². The first-order chi connectivity index (χ1) is 61.4. The molecule has 0 heteroatoms. The van der Waals surface area contributed by atoms with Crippen LogP contribution in [-0.2, 0) is 5.41 Å². The van der Waals surface area contributed by atoms with Crippen LogP contribution in [0.2, 0.25) is 0 Å². The first-order valence-corrected chi connectivity index (χ1v) is 60.5. The first kappa shape index (κ1) is 127. The van der Waals surface area contributed by atoms with Crippen LogP contribution in [0.15, 0.2) is 18.2 Å². The Hall–Kier alpha value is -0.780. The van der Waals surface area contributed by atoms with Crippen LogP contribution >= 0.6 is 0 Å². The second kappa shape index (κ2) is 60.1. The highest BCUT2D eigenvalue weighted by atomic mass is 14.8. The number of hydrogen-bond donors (Lipinski definition) is 0. The molecule has 11 aliphatic rings. The molecule has 32 unspecified atom stereocenters. The number of hydrogen-bond acceptors (Lipinski definition) is 0. The van der Waals surface area contributed by atoms with E-state index >= 15 is 0 Å². The van der Waals surface area contributed by atoms with Crippen LogP contribution in [0.25, 0.3) is 0 Å². The third-order valence-corrected chi connectivity index (χ3v) is 46.5. The lowest BCUT2D eigenvalue weighted by Gasteiger charge is -2.76. The quantitative estimate of drug-likeness (QED) is 0.122. The summed E-state index contributed by atoms with van der Waals surface area (Å²) in [4.78, 5) is 0. The minimum Gasteiger partial charge on any atom is -0.0651 e. The molecule has 11 aliphatic carbocycles. The fraction of sp³-hybridized carbons (Fsp3) is 0.955. The highest BCUT2D eigenvalue weighted by Crippen LogP contribution is 2.77. The van der Waals surface area contributed by atoms with Gasteiger partial charge in [0.2, 0.25) is 0 Å². The Kier molecular flexibility index (Phi) is 57.9. The molecule has 0 N–H and O–H groups in total. The summed E-state index contributed by atoms with van der Waals surface area (Å²) in [6.45, 7) is 119. The molecule has 12 rings (SSSR count). The van der Waals surface area contributed by atoms with E-state index in [-0.39, 0.29) is 0 Å². The van der Waals surface area contributed by atoms with E-state index in [2.05, 4.69) is 364 Å². The zero-order valence-corrected chi connectivity index (χ0v) is 101. The highest BCUT2D eigenvalue weighted by Gasteiger charge is 2.71. The third kappa shape index (κ3) is 35.0. The minimum atomic E-state index is 0.365. The van der Waals surface area contributed by atoms with Gasteiger partial charge in [-0.3, -0.25) is 0 Å². The summed E-state index contributed by atoms with van der Waals surface area (Å²) in [7, 11) is 0. The molecule has 0 bridgehead atoms. The van der Waals surface area contributed by atoms with E-state index in [4.69, 9.17) is 0 Å². The summed E-state index contributed by atoms with van der Waals surface area (Å²) in [5.74, 6) is 37.9. The molecule has 132 heavy (non-hydrogen) atoms. The molecule has 0 amide bonds. The van der Waals surface area contributed by atoms with Crippen LogP contribution in [0, 0.1) is 253 Å². The predicted octanol–water partition coefficient (Wildman–Crippen LogP) is 44.1. The van der Waals surface area contributed by atoms with Crippen LogP contribution in [0.4, 0.5) is 0 Å². The monoisotopic (exact) mass is 1840 g/mol. The fourth-order valence-electron chi connectivity index (χ4n) is 31.2. The molecule has 0 aliphatic heterocycles. The lowest BCUT2D eigenvalue weighted by molar-refractivity contribution is -0.283. The molecule has 784 valence electrons. The predicted molar refractivity (Wildman–Crippen MR) is 604 cm³/mol. The number of benzene rings is 1. The van der Waals surface area contributed by atoms with Crippen LogP contribution in [0.3, 0.4) is 0 Å². The van der Waals surface area contributed by atoms with Crippen molar-refractivity contribution in [2.45, 2.75) is 563 Å². The fourth-order valence-corrected chi connectivity index (χ4v) is 31.2. The minimum absolute atomic E-state index is 0.365. The molecule has 10 fully saturated rings. The van der Waals surface area contributed by atoms with Gasteiger partial charge in [-0.15, -0.1) is 0 Å². The van der Waals surface area contributed by atoms with Crippen molar-refractivity contribution in [3.8, 4) is 0 Å². The SMILES string of the molecule is CC1(C)C(C)(C)C(C)(C)C1(C)C.CC1CC(C)C(C)C1C.CC1CC(C)C(C)CC1C.CC1CC(C)C2C(C)CC(C)C12.CCC(C)C1(C)CC(C)C(C)c2cc(C)ccc21.CCC(C)C1CCC(C(C)CC)CC1.CCC(C)C1CCC(C)C(C)C1.CCC(C)CC(C)CC.CCC(CC)C1CCC(C(CC)CC)CC1.CCC1C(C)CC(C)C1C.CCC1C(C)CC(C)C1C. The van der Waals surface area contributed by atoms with Gasteiger partial charge in [-0.25, -0.2) is 0 Å². The van der Waals surface area contributed by atoms with E-state index in [1.807, 2.05) is 0 Å². The Morgan fingerprint density at radius 3 is 0.811 bits per heavy atom. The Labute approximate surface area is 838 Å². The van der Waals surface area contributed by atoms with Gasteiger partial charge >= 0.3 is 0 Å². The van der Waals surface area contributed by atoms with Gasteiger partial charge < -0.3 is 0 Å². The van der Waals surface area contributed by atoms with Crippen molar-refractivity contribution >= 4 is 0 Å². The average molecular weight is 1840 g/mol. The molecule has 0 spiro atoms. The lowest BCUT2D eigenvalue weighted by atomic mass is 9.28. The summed E-state index contributed by atoms with van der Waals surface area (Å²) >= 11 is 0. The molecule has 1 aromatic rings.